The van der Waals surface area contributed by atoms with Crippen LogP contribution in [-0.2, 0) is 51.9 Å². The monoisotopic (exact) mass is 922 g/mol. The number of oxime groups is 1. The molecule has 1 saturated heterocycles. The van der Waals surface area contributed by atoms with E-state index >= 15 is 0 Å². The lowest BCUT2D eigenvalue weighted by molar-refractivity contribution is -0.179. The Hall–Kier alpha value is -6.65. The molecule has 342 valence electrons. The van der Waals surface area contributed by atoms with Crippen LogP contribution in [0.5, 0.6) is 5.75 Å². The number of benzene rings is 2. The Morgan fingerprint density at radius 3 is 2.27 bits per heavy atom. The number of β-lactam (4-membered cyclic amide) rings is 1. The highest BCUT2D eigenvalue weighted by Gasteiger charge is 2.42. The first-order valence-corrected chi connectivity index (χ1v) is 22.1. The van der Waals surface area contributed by atoms with Crippen molar-refractivity contribution in [3.63, 3.8) is 0 Å². The highest BCUT2D eigenvalue weighted by Crippen LogP contribution is 2.22. The lowest BCUT2D eigenvalue weighted by atomic mass is 9.99. The predicted octanol–water partition coefficient (Wildman–Crippen LogP) is 3.49. The fraction of sp³-hybridized carbons (Fsp3) is 0.381. The summed E-state index contributed by atoms with van der Waals surface area (Å²) >= 11 is 0.922. The minimum Gasteiger partial charge on any atom is -0.483 e. The van der Waals surface area contributed by atoms with E-state index < -0.39 is 79.8 Å². The summed E-state index contributed by atoms with van der Waals surface area (Å²) in [5, 5.41) is 15.5. The number of carbonyl (C=O) groups excluding carboxylic acids is 5. The number of rotatable bonds is 17. The summed E-state index contributed by atoms with van der Waals surface area (Å²) in [5.41, 5.74) is -3.12. The summed E-state index contributed by atoms with van der Waals surface area (Å²) in [6.45, 7) is 12.5. The second-order valence-electron chi connectivity index (χ2n) is 16.8. The van der Waals surface area contributed by atoms with Gasteiger partial charge in [0.15, 0.2) is 16.6 Å². The Balaban J connectivity index is 1.22. The van der Waals surface area contributed by atoms with Crippen LogP contribution >= 0.6 is 11.3 Å². The van der Waals surface area contributed by atoms with Crippen LogP contribution in [0.4, 0.5) is 9.93 Å². The normalized spacial score (nSPS) is 15.5. The summed E-state index contributed by atoms with van der Waals surface area (Å²) < 4.78 is 45.5. The number of hydrogen-bond acceptors (Lipinski definition) is 15. The molecule has 0 radical (unpaired) electrons. The second kappa shape index (κ2) is 19.8. The molecular weight excluding hydrogens is 873 g/mol. The van der Waals surface area contributed by atoms with Gasteiger partial charge in [0.2, 0.25) is 27.0 Å². The van der Waals surface area contributed by atoms with E-state index in [1.807, 2.05) is 30.3 Å². The number of thiazole rings is 1. The molecule has 0 bridgehead atoms. The maximum atomic E-state index is 13.8. The van der Waals surface area contributed by atoms with Crippen molar-refractivity contribution in [2.45, 2.75) is 102 Å². The van der Waals surface area contributed by atoms with Crippen LogP contribution < -0.4 is 36.2 Å². The molecule has 0 unspecified atom stereocenters. The molecule has 1 fully saturated rings. The zero-order valence-electron chi connectivity index (χ0n) is 36.3. The van der Waals surface area contributed by atoms with Crippen molar-refractivity contribution in [1.82, 2.24) is 30.6 Å². The van der Waals surface area contributed by atoms with E-state index in [1.54, 1.807) is 41.5 Å². The molecule has 1 aliphatic rings. The fourth-order valence-electron chi connectivity index (χ4n) is 5.44. The average Bonchev–Trinajstić information content (AvgIpc) is 3.66. The third-order valence-electron chi connectivity index (χ3n) is 8.64. The second-order valence-corrected chi connectivity index (χ2v) is 19.4. The Morgan fingerprint density at radius 2 is 1.61 bits per heavy atom. The van der Waals surface area contributed by atoms with Gasteiger partial charge in [0.05, 0.1) is 17.5 Å². The quantitative estimate of drug-likeness (QED) is 0.0384. The third-order valence-corrected chi connectivity index (χ3v) is 10.8. The smallest absolute Gasteiger partial charge is 0.413 e. The molecule has 4 amide bonds. The van der Waals surface area contributed by atoms with Crippen LogP contribution in [0, 0.1) is 0 Å². The molecular formula is C42H50N8O12S2. The molecule has 20 nitrogen and oxygen atoms in total. The molecule has 2 aromatic heterocycles. The first kappa shape index (κ1) is 48.4. The van der Waals surface area contributed by atoms with Gasteiger partial charge >= 0.3 is 12.1 Å². The number of amides is 4. The predicted molar refractivity (Wildman–Crippen MR) is 234 cm³/mol. The van der Waals surface area contributed by atoms with Crippen LogP contribution in [0.3, 0.4) is 0 Å². The van der Waals surface area contributed by atoms with Crippen molar-refractivity contribution >= 4 is 62.0 Å². The molecule has 2 atom stereocenters. The largest absolute Gasteiger partial charge is 0.483 e. The molecule has 6 N–H and O–H groups in total. The van der Waals surface area contributed by atoms with Gasteiger partial charge in [-0.25, -0.2) is 27.7 Å². The summed E-state index contributed by atoms with van der Waals surface area (Å²) in [7, 11) is -4.28. The molecule has 2 aromatic carbocycles. The average molecular weight is 923 g/mol. The molecule has 1 aliphatic heterocycles. The van der Waals surface area contributed by atoms with Gasteiger partial charge in [-0.3, -0.25) is 24.5 Å². The zero-order valence-corrected chi connectivity index (χ0v) is 37.9. The number of H-pyrrole nitrogens is 1. The number of nitrogens with one attached hydrogen (secondary N) is 6. The van der Waals surface area contributed by atoms with Crippen molar-refractivity contribution in [2.24, 2.45) is 5.16 Å². The van der Waals surface area contributed by atoms with E-state index in [0.29, 0.717) is 5.69 Å². The number of anilines is 1. The first-order chi connectivity index (χ1) is 29.9. The first-order valence-electron chi connectivity index (χ1n) is 19.7. The van der Waals surface area contributed by atoms with E-state index in [0.717, 1.165) is 23.0 Å². The maximum Gasteiger partial charge on any atom is 0.413 e. The topological polar surface area (TPSA) is 275 Å². The number of aromatic nitrogens is 2. The number of aromatic amines is 1. The van der Waals surface area contributed by atoms with Gasteiger partial charge in [0.25, 0.3) is 11.8 Å². The van der Waals surface area contributed by atoms with E-state index in [2.05, 4.69) is 41.1 Å². The highest BCUT2D eigenvalue weighted by molar-refractivity contribution is 7.89. The summed E-state index contributed by atoms with van der Waals surface area (Å²) in [6.07, 6.45) is 0.583. The Bertz CT molecular complexity index is 2580. The van der Waals surface area contributed by atoms with Crippen LogP contribution in [0.15, 0.2) is 87.1 Å². The van der Waals surface area contributed by atoms with Crippen LogP contribution in [0.25, 0.3) is 0 Å². The zero-order chi connectivity index (χ0) is 47.0. The molecule has 5 rings (SSSR count). The molecule has 22 heteroatoms. The van der Waals surface area contributed by atoms with Crippen LogP contribution in [0.1, 0.15) is 82.7 Å². The highest BCUT2D eigenvalue weighted by atomic mass is 32.2. The van der Waals surface area contributed by atoms with Gasteiger partial charge in [-0.2, -0.15) is 0 Å². The molecule has 3 heterocycles. The van der Waals surface area contributed by atoms with Crippen molar-refractivity contribution in [3.05, 3.63) is 105 Å². The van der Waals surface area contributed by atoms with E-state index in [-0.39, 0.29) is 46.7 Å². The molecule has 4 aromatic rings. The maximum absolute atomic E-state index is 13.8. The third kappa shape index (κ3) is 13.7. The van der Waals surface area contributed by atoms with E-state index in [1.165, 1.54) is 49.7 Å². The SMILES string of the molecule is CC(C)(C)OC(=O)Nc1nc(/C(=N/OC(C)(C)C(=O)OC(C)(C)C)C(=O)N[C@@H]2C(=O)N[C@@H]2CNS(=O)(=O)c2cccc(C(=O)NCc3cc(=O)c(OCc4ccccc4)c[nH]3)c2)cs1. The fourth-order valence-corrected chi connectivity index (χ4v) is 7.22. The summed E-state index contributed by atoms with van der Waals surface area (Å²) in [4.78, 5) is 89.9. The van der Waals surface area contributed by atoms with E-state index in [9.17, 15) is 37.2 Å². The van der Waals surface area contributed by atoms with Crippen LogP contribution in [-0.4, -0.2) is 89.3 Å². The van der Waals surface area contributed by atoms with Crippen molar-refractivity contribution < 1.29 is 51.4 Å². The van der Waals surface area contributed by atoms with E-state index in [4.69, 9.17) is 19.0 Å². The van der Waals surface area contributed by atoms with Gasteiger partial charge in [-0.05, 0) is 79.2 Å². The van der Waals surface area contributed by atoms with Crippen molar-refractivity contribution in [3.8, 4) is 5.75 Å². The van der Waals surface area contributed by atoms with Crippen LogP contribution in [0.2, 0.25) is 0 Å². The number of ether oxygens (including phenoxy) is 3. The molecule has 64 heavy (non-hydrogen) atoms. The Morgan fingerprint density at radius 1 is 0.906 bits per heavy atom. The molecule has 0 saturated carbocycles. The standard InChI is InChI=1S/C42H50N8O12S2/c1-40(2,3)60-37(55)42(7,8)62-50-33(29-23-63-38(47-29)49-39(56)61-41(4,5)6)36(54)48-32-28(46-35(32)53)20-45-64(57,58)27-16-12-15-25(17-27)34(52)44-19-26-18-30(51)31(21-43-26)59-22-24-13-10-9-11-14-24/h9-18,21,23,28,32,45H,19-20,22H2,1-8H3,(H,43,51)(H,44,52)(H,46,53)(H,48,54)(H,47,49,56)/b50-33-/t28-,32+/m1/s1. The summed E-state index contributed by atoms with van der Waals surface area (Å²) in [5.74, 6) is -2.95. The van der Waals surface area contributed by atoms with Gasteiger partial charge < -0.3 is 40.0 Å². The Labute approximate surface area is 372 Å². The lowest BCUT2D eigenvalue weighted by Gasteiger charge is -2.37. The van der Waals surface area contributed by atoms with Crippen molar-refractivity contribution in [2.75, 3.05) is 11.9 Å². The summed E-state index contributed by atoms with van der Waals surface area (Å²) in [6, 6.07) is 13.6. The minimum atomic E-state index is -4.28. The number of hydrogen-bond donors (Lipinski definition) is 6. The van der Waals surface area contributed by atoms with Gasteiger partial charge in [0, 0.05) is 35.4 Å². The molecule has 0 spiro atoms. The number of nitrogens with zero attached hydrogens (tertiary/aromatic N) is 2. The molecule has 0 aliphatic carbocycles. The van der Waals surface area contributed by atoms with Gasteiger partial charge in [-0.1, -0.05) is 41.6 Å². The van der Waals surface area contributed by atoms with Gasteiger partial charge in [0.1, 0.15) is 29.5 Å². The number of sulfonamides is 1. The van der Waals surface area contributed by atoms with Gasteiger partial charge in [-0.15, -0.1) is 11.3 Å². The Kier molecular flexibility index (Phi) is 15.0. The number of carbonyl (C=O) groups is 5. The minimum absolute atomic E-state index is 0.00509. The number of esters is 1. The lowest BCUT2D eigenvalue weighted by Crippen LogP contribution is -2.72. The van der Waals surface area contributed by atoms with Crippen molar-refractivity contribution in [1.29, 1.82) is 0 Å². The number of pyridine rings is 1.